The van der Waals surface area contributed by atoms with E-state index in [1.807, 2.05) is 18.2 Å². The minimum atomic E-state index is -2.64. The van der Waals surface area contributed by atoms with E-state index in [0.717, 1.165) is 16.5 Å². The molecule has 0 unspecified atom stereocenters. The van der Waals surface area contributed by atoms with Crippen LogP contribution in [0.15, 0.2) is 36.5 Å². The summed E-state index contributed by atoms with van der Waals surface area (Å²) < 4.78 is 26.8. The summed E-state index contributed by atoms with van der Waals surface area (Å²) in [6.45, 7) is 1.70. The lowest BCUT2D eigenvalue weighted by atomic mass is 9.90. The Morgan fingerprint density at radius 1 is 1.37 bits per heavy atom. The summed E-state index contributed by atoms with van der Waals surface area (Å²) in [4.78, 5) is 27.7. The highest BCUT2D eigenvalue weighted by atomic mass is 19.3. The van der Waals surface area contributed by atoms with E-state index in [4.69, 9.17) is 5.73 Å². The van der Waals surface area contributed by atoms with Crippen molar-refractivity contribution in [2.24, 2.45) is 5.73 Å². The molecule has 5 nitrogen and oxygen atoms in total. The molecule has 0 spiro atoms. The van der Waals surface area contributed by atoms with E-state index in [-0.39, 0.29) is 31.2 Å². The largest absolute Gasteiger partial charge is 0.370 e. The second-order valence-corrected chi connectivity index (χ2v) is 6.94. The molecule has 2 amide bonds. The van der Waals surface area contributed by atoms with Gasteiger partial charge in [-0.3, -0.25) is 14.6 Å². The number of hydrogen-bond acceptors (Lipinski definition) is 3. The molecule has 1 aromatic heterocycles. The van der Waals surface area contributed by atoms with Gasteiger partial charge in [0.15, 0.2) is 0 Å². The van der Waals surface area contributed by atoms with E-state index in [1.165, 1.54) is 6.20 Å². The van der Waals surface area contributed by atoms with Crippen LogP contribution in [0.1, 0.15) is 48.5 Å². The average Bonchev–Trinajstić information content (AvgIpc) is 2.60. The summed E-state index contributed by atoms with van der Waals surface area (Å²) in [5.74, 6) is -3.48. The van der Waals surface area contributed by atoms with Gasteiger partial charge in [0.25, 0.3) is 11.8 Å². The third-order valence-corrected chi connectivity index (χ3v) is 4.61. The van der Waals surface area contributed by atoms with Crippen molar-refractivity contribution >= 4 is 28.3 Å². The summed E-state index contributed by atoms with van der Waals surface area (Å²) in [6, 6.07) is 6.83. The number of carbonyl (C=O) groups excluding carboxylic acids is 2. The van der Waals surface area contributed by atoms with Crippen LogP contribution in [0.4, 0.5) is 8.78 Å². The van der Waals surface area contributed by atoms with Crippen LogP contribution in [0.5, 0.6) is 0 Å². The van der Waals surface area contributed by atoms with Crippen molar-refractivity contribution in [3.63, 3.8) is 0 Å². The monoisotopic (exact) mass is 373 g/mol. The third kappa shape index (κ3) is 4.48. The number of para-hydroxylation sites is 1. The number of benzene rings is 1. The number of fused-ring (bicyclic) bond motifs is 1. The summed E-state index contributed by atoms with van der Waals surface area (Å²) in [6.07, 6.45) is 2.93. The van der Waals surface area contributed by atoms with Crippen LogP contribution in [0.25, 0.3) is 16.5 Å². The first kappa shape index (κ1) is 18.9. The molecule has 0 saturated heterocycles. The van der Waals surface area contributed by atoms with Gasteiger partial charge in [0.05, 0.1) is 11.1 Å². The molecule has 0 bridgehead atoms. The molecule has 27 heavy (non-hydrogen) atoms. The minimum Gasteiger partial charge on any atom is -0.370 e. The van der Waals surface area contributed by atoms with E-state index in [0.29, 0.717) is 17.5 Å². The Bertz CT molecular complexity index is 925. The first-order chi connectivity index (χ1) is 12.7. The van der Waals surface area contributed by atoms with Crippen molar-refractivity contribution in [2.75, 3.05) is 0 Å². The highest BCUT2D eigenvalue weighted by Gasteiger charge is 2.31. The summed E-state index contributed by atoms with van der Waals surface area (Å²) in [7, 11) is 0. The molecule has 0 fully saturated rings. The number of alkyl halides is 2. The Morgan fingerprint density at radius 2 is 2.15 bits per heavy atom. The Hall–Kier alpha value is -2.83. The molecule has 1 aliphatic carbocycles. The molecular weight excluding hydrogens is 352 g/mol. The lowest BCUT2D eigenvalue weighted by Crippen LogP contribution is -2.35. The SMILES string of the molecule is C[C@H](CC(N)=O)NC(=O)c1cnc2c(C3=CCC(F)(F)CC3)cccc2c1. The number of nitrogens with two attached hydrogens (primary N) is 1. The molecular formula is C20H21F2N3O2. The normalized spacial score (nSPS) is 17.2. The number of amides is 2. The van der Waals surface area contributed by atoms with Gasteiger partial charge >= 0.3 is 0 Å². The molecule has 7 heteroatoms. The highest BCUT2D eigenvalue weighted by Crippen LogP contribution is 2.37. The summed E-state index contributed by atoms with van der Waals surface area (Å²) >= 11 is 0. The number of halogens is 2. The fraction of sp³-hybridized carbons (Fsp3) is 0.350. The third-order valence-electron chi connectivity index (χ3n) is 4.61. The van der Waals surface area contributed by atoms with Crippen LogP contribution < -0.4 is 11.1 Å². The van der Waals surface area contributed by atoms with Crippen LogP contribution in [0.3, 0.4) is 0 Å². The Labute approximate surface area is 155 Å². The minimum absolute atomic E-state index is 0.0513. The van der Waals surface area contributed by atoms with Gasteiger partial charge in [-0.05, 0) is 25.0 Å². The smallest absolute Gasteiger partial charge is 0.253 e. The first-order valence-corrected chi connectivity index (χ1v) is 8.80. The van der Waals surface area contributed by atoms with E-state index in [2.05, 4.69) is 10.3 Å². The maximum atomic E-state index is 13.4. The topological polar surface area (TPSA) is 85.1 Å². The molecule has 0 radical (unpaired) electrons. The number of allylic oxidation sites excluding steroid dienone is 2. The zero-order chi connectivity index (χ0) is 19.6. The van der Waals surface area contributed by atoms with Gasteiger partial charge in [0.1, 0.15) is 0 Å². The van der Waals surface area contributed by atoms with Crippen molar-refractivity contribution in [1.29, 1.82) is 0 Å². The van der Waals surface area contributed by atoms with E-state index >= 15 is 0 Å². The predicted octanol–water partition coefficient (Wildman–Crippen LogP) is 3.43. The van der Waals surface area contributed by atoms with Gasteiger partial charge < -0.3 is 11.1 Å². The lowest BCUT2D eigenvalue weighted by molar-refractivity contribution is -0.118. The number of primary amides is 1. The summed E-state index contributed by atoms with van der Waals surface area (Å²) in [5, 5.41) is 3.46. The molecule has 0 aliphatic heterocycles. The van der Waals surface area contributed by atoms with Crippen molar-refractivity contribution < 1.29 is 18.4 Å². The Balaban J connectivity index is 1.86. The number of nitrogens with zero attached hydrogens (tertiary/aromatic N) is 1. The number of carbonyl (C=O) groups is 2. The number of hydrogen-bond donors (Lipinski definition) is 2. The molecule has 1 aromatic carbocycles. The van der Waals surface area contributed by atoms with Crippen molar-refractivity contribution in [3.05, 3.63) is 47.7 Å². The zero-order valence-corrected chi connectivity index (χ0v) is 15.0. The molecule has 1 heterocycles. The van der Waals surface area contributed by atoms with Crippen LogP contribution in [-0.2, 0) is 4.79 Å². The van der Waals surface area contributed by atoms with Crippen molar-refractivity contribution in [1.82, 2.24) is 10.3 Å². The molecule has 2 aromatic rings. The van der Waals surface area contributed by atoms with Crippen LogP contribution in [0.2, 0.25) is 0 Å². The predicted molar refractivity (Wildman–Crippen MR) is 99.3 cm³/mol. The number of aromatic nitrogens is 1. The molecule has 142 valence electrons. The van der Waals surface area contributed by atoms with Crippen molar-refractivity contribution in [2.45, 2.75) is 44.6 Å². The van der Waals surface area contributed by atoms with Crippen LogP contribution in [0, 0.1) is 0 Å². The van der Waals surface area contributed by atoms with Gasteiger partial charge in [0, 0.05) is 42.5 Å². The second-order valence-electron chi connectivity index (χ2n) is 6.94. The quantitative estimate of drug-likeness (QED) is 0.842. The molecule has 3 N–H and O–H groups in total. The molecule has 1 aliphatic rings. The van der Waals surface area contributed by atoms with Crippen LogP contribution >= 0.6 is 0 Å². The standard InChI is InChI=1S/C20H21F2N3O2/c1-12(9-17(23)26)25-19(27)15-10-14-3-2-4-16(18(14)24-11-15)13-5-7-20(21,22)8-6-13/h2-5,10-12H,6-9H2,1H3,(H2,23,26)(H,25,27)/t12-/m1/s1. The van der Waals surface area contributed by atoms with Gasteiger partial charge in [-0.25, -0.2) is 8.78 Å². The van der Waals surface area contributed by atoms with Gasteiger partial charge in [-0.15, -0.1) is 0 Å². The highest BCUT2D eigenvalue weighted by molar-refractivity contribution is 5.99. The van der Waals surface area contributed by atoms with E-state index in [9.17, 15) is 18.4 Å². The Morgan fingerprint density at radius 3 is 2.81 bits per heavy atom. The molecule has 0 saturated carbocycles. The zero-order valence-electron chi connectivity index (χ0n) is 15.0. The van der Waals surface area contributed by atoms with E-state index < -0.39 is 11.8 Å². The van der Waals surface area contributed by atoms with Gasteiger partial charge in [-0.1, -0.05) is 24.3 Å². The summed E-state index contributed by atoms with van der Waals surface area (Å²) in [5.41, 5.74) is 7.84. The fourth-order valence-corrected chi connectivity index (χ4v) is 3.24. The lowest BCUT2D eigenvalue weighted by Gasteiger charge is -2.22. The first-order valence-electron chi connectivity index (χ1n) is 8.80. The maximum absolute atomic E-state index is 13.4. The number of pyridine rings is 1. The van der Waals surface area contributed by atoms with Crippen LogP contribution in [-0.4, -0.2) is 28.8 Å². The molecule has 1 atom stereocenters. The van der Waals surface area contributed by atoms with Crippen molar-refractivity contribution in [3.8, 4) is 0 Å². The second kappa shape index (κ2) is 7.42. The van der Waals surface area contributed by atoms with Gasteiger partial charge in [0.2, 0.25) is 5.91 Å². The van der Waals surface area contributed by atoms with Gasteiger partial charge in [-0.2, -0.15) is 0 Å². The maximum Gasteiger partial charge on any atom is 0.253 e. The number of nitrogens with one attached hydrogen (secondary N) is 1. The fourth-order valence-electron chi connectivity index (χ4n) is 3.24. The molecule has 3 rings (SSSR count). The number of rotatable bonds is 5. The Kier molecular flexibility index (Phi) is 5.21. The average molecular weight is 373 g/mol. The van der Waals surface area contributed by atoms with E-state index in [1.54, 1.807) is 19.1 Å².